The lowest BCUT2D eigenvalue weighted by Gasteiger charge is -2.04. The van der Waals surface area contributed by atoms with Crippen LogP contribution < -0.4 is 5.73 Å². The molecule has 0 unspecified atom stereocenters. The number of anilines is 1. The number of rotatable bonds is 1. The van der Waals surface area contributed by atoms with Crippen molar-refractivity contribution >= 4 is 16.9 Å². The number of hydrogen-bond donors (Lipinski definition) is 1. The molecule has 2 N–H and O–H groups in total. The summed E-state index contributed by atoms with van der Waals surface area (Å²) in [6.45, 7) is 0. The lowest BCUT2D eigenvalue weighted by atomic mass is 10.2. The molecule has 0 aliphatic rings. The van der Waals surface area contributed by atoms with Gasteiger partial charge in [-0.05, 0) is 24.3 Å². The average molecular weight is 228 g/mol. The standard InChI is InChI=1S/C12H9FN4/c13-9-2-1-3-10-8(9)5-7-17(10)11-4-6-15-12(14)16-11/h1-7H,(H2,14,15,16). The van der Waals surface area contributed by atoms with Gasteiger partial charge in [-0.3, -0.25) is 0 Å². The molecular weight excluding hydrogens is 219 g/mol. The molecule has 3 aromatic rings. The molecule has 84 valence electrons. The van der Waals surface area contributed by atoms with E-state index in [4.69, 9.17) is 5.73 Å². The zero-order chi connectivity index (χ0) is 11.8. The summed E-state index contributed by atoms with van der Waals surface area (Å²) in [4.78, 5) is 7.93. The van der Waals surface area contributed by atoms with Gasteiger partial charge in [0.1, 0.15) is 11.6 Å². The van der Waals surface area contributed by atoms with Gasteiger partial charge in [0, 0.05) is 17.8 Å². The van der Waals surface area contributed by atoms with E-state index >= 15 is 0 Å². The van der Waals surface area contributed by atoms with Crippen LogP contribution in [-0.4, -0.2) is 14.5 Å². The van der Waals surface area contributed by atoms with Gasteiger partial charge in [-0.1, -0.05) is 6.07 Å². The number of benzene rings is 1. The maximum absolute atomic E-state index is 13.5. The van der Waals surface area contributed by atoms with Crippen molar-refractivity contribution in [1.82, 2.24) is 14.5 Å². The first-order valence-corrected chi connectivity index (χ1v) is 5.10. The Morgan fingerprint density at radius 2 is 2.06 bits per heavy atom. The predicted molar refractivity (Wildman–Crippen MR) is 63.2 cm³/mol. The molecule has 0 atom stereocenters. The fraction of sp³-hybridized carbons (Fsp3) is 0. The number of nitrogen functional groups attached to an aromatic ring is 1. The Morgan fingerprint density at radius 1 is 1.18 bits per heavy atom. The summed E-state index contributed by atoms with van der Waals surface area (Å²) in [5, 5.41) is 0.560. The van der Waals surface area contributed by atoms with Crippen molar-refractivity contribution in [3.8, 4) is 5.82 Å². The van der Waals surface area contributed by atoms with Crippen LogP contribution in [-0.2, 0) is 0 Å². The van der Waals surface area contributed by atoms with Crippen molar-refractivity contribution in [2.75, 3.05) is 5.73 Å². The molecule has 4 nitrogen and oxygen atoms in total. The van der Waals surface area contributed by atoms with Gasteiger partial charge < -0.3 is 10.3 Å². The first kappa shape index (κ1) is 9.77. The van der Waals surface area contributed by atoms with Crippen molar-refractivity contribution in [1.29, 1.82) is 0 Å². The minimum Gasteiger partial charge on any atom is -0.368 e. The average Bonchev–Trinajstić information content (AvgIpc) is 2.74. The number of aromatic nitrogens is 3. The molecule has 17 heavy (non-hydrogen) atoms. The molecule has 0 saturated carbocycles. The second-order valence-corrected chi connectivity index (χ2v) is 3.63. The minimum absolute atomic E-state index is 0.195. The summed E-state index contributed by atoms with van der Waals surface area (Å²) in [7, 11) is 0. The molecule has 0 bridgehead atoms. The molecule has 1 aromatic carbocycles. The monoisotopic (exact) mass is 228 g/mol. The molecule has 0 radical (unpaired) electrons. The Labute approximate surface area is 96.5 Å². The van der Waals surface area contributed by atoms with Crippen LogP contribution >= 0.6 is 0 Å². The van der Waals surface area contributed by atoms with E-state index in [2.05, 4.69) is 9.97 Å². The van der Waals surface area contributed by atoms with E-state index in [9.17, 15) is 4.39 Å². The Hall–Kier alpha value is -2.43. The molecule has 0 fully saturated rings. The second kappa shape index (κ2) is 3.55. The molecule has 0 saturated heterocycles. The van der Waals surface area contributed by atoms with Crippen LogP contribution in [0.15, 0.2) is 42.7 Å². The topological polar surface area (TPSA) is 56.7 Å². The Balaban J connectivity index is 2.28. The van der Waals surface area contributed by atoms with E-state index in [-0.39, 0.29) is 11.8 Å². The fourth-order valence-electron chi connectivity index (χ4n) is 1.83. The largest absolute Gasteiger partial charge is 0.368 e. The predicted octanol–water partition coefficient (Wildman–Crippen LogP) is 2.14. The first-order chi connectivity index (χ1) is 8.25. The third kappa shape index (κ3) is 1.52. The summed E-state index contributed by atoms with van der Waals surface area (Å²) < 4.78 is 15.3. The zero-order valence-electron chi connectivity index (χ0n) is 8.84. The highest BCUT2D eigenvalue weighted by molar-refractivity contribution is 5.82. The van der Waals surface area contributed by atoms with E-state index in [1.54, 1.807) is 35.2 Å². The van der Waals surface area contributed by atoms with Crippen molar-refractivity contribution < 1.29 is 4.39 Å². The summed E-state index contributed by atoms with van der Waals surface area (Å²) in [5.41, 5.74) is 6.28. The zero-order valence-corrected chi connectivity index (χ0v) is 8.84. The molecule has 0 aliphatic heterocycles. The number of fused-ring (bicyclic) bond motifs is 1. The van der Waals surface area contributed by atoms with Gasteiger partial charge in [0.05, 0.1) is 5.52 Å². The maximum Gasteiger partial charge on any atom is 0.221 e. The normalized spacial score (nSPS) is 10.9. The number of nitrogens with zero attached hydrogens (tertiary/aromatic N) is 3. The lowest BCUT2D eigenvalue weighted by molar-refractivity contribution is 0.640. The molecule has 2 heterocycles. The van der Waals surface area contributed by atoms with Gasteiger partial charge in [0.2, 0.25) is 5.95 Å². The molecule has 5 heteroatoms. The van der Waals surface area contributed by atoms with Crippen molar-refractivity contribution in [2.24, 2.45) is 0 Å². The second-order valence-electron chi connectivity index (χ2n) is 3.63. The van der Waals surface area contributed by atoms with E-state index in [1.807, 2.05) is 6.07 Å². The van der Waals surface area contributed by atoms with E-state index in [0.717, 1.165) is 5.52 Å². The van der Waals surface area contributed by atoms with Crippen LogP contribution in [0.4, 0.5) is 10.3 Å². The summed E-state index contributed by atoms with van der Waals surface area (Å²) >= 11 is 0. The third-order valence-electron chi connectivity index (χ3n) is 2.59. The molecule has 0 amide bonds. The van der Waals surface area contributed by atoms with Crippen LogP contribution in [0.1, 0.15) is 0 Å². The van der Waals surface area contributed by atoms with Crippen LogP contribution in [0.5, 0.6) is 0 Å². The van der Waals surface area contributed by atoms with E-state index in [1.165, 1.54) is 6.07 Å². The maximum atomic E-state index is 13.5. The van der Waals surface area contributed by atoms with Crippen LogP contribution in [0, 0.1) is 5.82 Å². The highest BCUT2D eigenvalue weighted by atomic mass is 19.1. The van der Waals surface area contributed by atoms with Gasteiger partial charge in [0.25, 0.3) is 0 Å². The Morgan fingerprint density at radius 3 is 2.88 bits per heavy atom. The van der Waals surface area contributed by atoms with E-state index < -0.39 is 0 Å². The van der Waals surface area contributed by atoms with Crippen molar-refractivity contribution in [2.45, 2.75) is 0 Å². The Bertz CT molecular complexity index is 690. The molecule has 0 aliphatic carbocycles. The molecule has 2 aromatic heterocycles. The van der Waals surface area contributed by atoms with Gasteiger partial charge >= 0.3 is 0 Å². The summed E-state index contributed by atoms with van der Waals surface area (Å²) in [5.74, 6) is 0.571. The highest BCUT2D eigenvalue weighted by Gasteiger charge is 2.07. The van der Waals surface area contributed by atoms with Crippen LogP contribution in [0.25, 0.3) is 16.7 Å². The SMILES string of the molecule is Nc1nccc(-n2ccc3c(F)cccc32)n1. The van der Waals surface area contributed by atoms with Crippen molar-refractivity contribution in [3.63, 3.8) is 0 Å². The van der Waals surface area contributed by atoms with Gasteiger partial charge in [-0.15, -0.1) is 0 Å². The smallest absolute Gasteiger partial charge is 0.221 e. The van der Waals surface area contributed by atoms with Crippen LogP contribution in [0.2, 0.25) is 0 Å². The molecular formula is C12H9FN4. The highest BCUT2D eigenvalue weighted by Crippen LogP contribution is 2.21. The van der Waals surface area contributed by atoms with Crippen molar-refractivity contribution in [3.05, 3.63) is 48.5 Å². The number of halogens is 1. The third-order valence-corrected chi connectivity index (χ3v) is 2.59. The minimum atomic E-state index is -0.247. The lowest BCUT2D eigenvalue weighted by Crippen LogP contribution is -2.00. The Kier molecular flexibility index (Phi) is 2.04. The van der Waals surface area contributed by atoms with Gasteiger partial charge in [-0.2, -0.15) is 4.98 Å². The fourth-order valence-corrected chi connectivity index (χ4v) is 1.83. The molecule has 3 rings (SSSR count). The van der Waals surface area contributed by atoms with Crippen LogP contribution in [0.3, 0.4) is 0 Å². The first-order valence-electron chi connectivity index (χ1n) is 5.10. The quantitative estimate of drug-likeness (QED) is 0.694. The number of hydrogen-bond acceptors (Lipinski definition) is 3. The molecule has 0 spiro atoms. The summed E-state index contributed by atoms with van der Waals surface area (Å²) in [6, 6.07) is 8.36. The number of nitrogens with two attached hydrogens (primary N) is 1. The summed E-state index contributed by atoms with van der Waals surface area (Å²) in [6.07, 6.45) is 3.33. The van der Waals surface area contributed by atoms with Gasteiger partial charge in [-0.25, -0.2) is 9.37 Å². The van der Waals surface area contributed by atoms with Gasteiger partial charge in [0.15, 0.2) is 0 Å². The van der Waals surface area contributed by atoms with E-state index in [0.29, 0.717) is 11.2 Å².